The maximum absolute atomic E-state index is 6.90. The molecule has 0 bridgehead atoms. The molecule has 0 N–H and O–H groups in total. The predicted octanol–water partition coefficient (Wildman–Crippen LogP) is 14.1. The van der Waals surface area contributed by atoms with Crippen LogP contribution in [0.1, 0.15) is 0 Å². The Bertz CT molecular complexity index is 3180. The molecule has 11 aromatic rings. The van der Waals surface area contributed by atoms with Crippen molar-refractivity contribution in [2.45, 2.75) is 0 Å². The van der Waals surface area contributed by atoms with Crippen LogP contribution in [0.15, 0.2) is 192 Å². The second-order valence-electron chi connectivity index (χ2n) is 14.0. The topological polar surface area (TPSA) is 51.8 Å². The highest BCUT2D eigenvalue weighted by molar-refractivity contribution is 7.26. The third kappa shape index (κ3) is 5.56. The van der Waals surface area contributed by atoms with E-state index in [1.165, 1.54) is 36.9 Å². The smallest absolute Gasteiger partial charge is 0.164 e. The minimum atomic E-state index is 0.624. The van der Waals surface area contributed by atoms with Crippen molar-refractivity contribution < 1.29 is 4.42 Å². The van der Waals surface area contributed by atoms with E-state index in [0.29, 0.717) is 17.5 Å². The summed E-state index contributed by atoms with van der Waals surface area (Å²) < 4.78 is 9.44. The van der Waals surface area contributed by atoms with Crippen LogP contribution in [0.5, 0.6) is 0 Å². The summed E-state index contributed by atoms with van der Waals surface area (Å²) in [6, 6.07) is 65.6. The lowest BCUT2D eigenvalue weighted by molar-refractivity contribution is 0.670. The van der Waals surface area contributed by atoms with Gasteiger partial charge in [-0.1, -0.05) is 152 Å². The minimum Gasteiger partial charge on any atom is -0.455 e. The molecule has 8 aromatic carbocycles. The largest absolute Gasteiger partial charge is 0.455 e. The van der Waals surface area contributed by atoms with Crippen molar-refractivity contribution in [2.24, 2.45) is 0 Å². The summed E-state index contributed by atoms with van der Waals surface area (Å²) in [5, 5.41) is 4.72. The van der Waals surface area contributed by atoms with Gasteiger partial charge in [0.2, 0.25) is 0 Å². The summed E-state index contributed by atoms with van der Waals surface area (Å²) in [6.45, 7) is 0. The Morgan fingerprint density at radius 2 is 0.911 bits per heavy atom. The number of hydrogen-bond acceptors (Lipinski definition) is 5. The van der Waals surface area contributed by atoms with Crippen molar-refractivity contribution in [3.05, 3.63) is 188 Å². The summed E-state index contributed by atoms with van der Waals surface area (Å²) in [4.78, 5) is 14.8. The molecule has 262 valence electrons. The lowest BCUT2D eigenvalue weighted by Crippen LogP contribution is -2.00. The Hall–Kier alpha value is -7.21. The van der Waals surface area contributed by atoms with E-state index in [1.54, 1.807) is 0 Å². The van der Waals surface area contributed by atoms with Crippen LogP contribution >= 0.6 is 11.3 Å². The quantitative estimate of drug-likeness (QED) is 0.171. The minimum absolute atomic E-state index is 0.624. The van der Waals surface area contributed by atoms with E-state index < -0.39 is 0 Å². The van der Waals surface area contributed by atoms with Crippen LogP contribution in [-0.2, 0) is 0 Å². The molecule has 0 fully saturated rings. The van der Waals surface area contributed by atoms with Gasteiger partial charge in [-0.3, -0.25) is 0 Å². The fourth-order valence-electron chi connectivity index (χ4n) is 7.83. The van der Waals surface area contributed by atoms with Crippen LogP contribution in [0.4, 0.5) is 0 Å². The molecule has 0 amide bonds. The highest BCUT2D eigenvalue weighted by Crippen LogP contribution is 2.46. The number of para-hydroxylation sites is 1. The second kappa shape index (κ2) is 13.3. The van der Waals surface area contributed by atoms with Gasteiger partial charge in [0, 0.05) is 53.2 Å². The molecule has 0 aliphatic heterocycles. The van der Waals surface area contributed by atoms with Gasteiger partial charge >= 0.3 is 0 Å². The molecule has 0 radical (unpaired) electrons. The Kier molecular flexibility index (Phi) is 7.64. The van der Waals surface area contributed by atoms with Crippen LogP contribution in [0, 0.1) is 0 Å². The average Bonchev–Trinajstić information content (AvgIpc) is 3.85. The zero-order valence-electron chi connectivity index (χ0n) is 30.1. The van der Waals surface area contributed by atoms with Gasteiger partial charge < -0.3 is 4.42 Å². The Morgan fingerprint density at radius 1 is 0.339 bits per heavy atom. The molecule has 0 saturated carbocycles. The second-order valence-corrected chi connectivity index (χ2v) is 15.1. The molecule has 3 heterocycles. The van der Waals surface area contributed by atoms with Gasteiger partial charge in [0.15, 0.2) is 17.5 Å². The number of aromatic nitrogens is 3. The van der Waals surface area contributed by atoms with Gasteiger partial charge in [-0.2, -0.15) is 0 Å². The van der Waals surface area contributed by atoms with Gasteiger partial charge in [-0.15, -0.1) is 11.3 Å². The van der Waals surface area contributed by atoms with E-state index in [2.05, 4.69) is 127 Å². The van der Waals surface area contributed by atoms with Gasteiger partial charge in [0.05, 0.1) is 0 Å². The fraction of sp³-hybridized carbons (Fsp3) is 0. The summed E-state index contributed by atoms with van der Waals surface area (Å²) in [5.41, 5.74) is 11.3. The summed E-state index contributed by atoms with van der Waals surface area (Å²) >= 11 is 1.84. The molecular weight excluding hydrogens is 703 g/mol. The molecule has 0 aliphatic rings. The molecule has 0 saturated heterocycles. The number of rotatable bonds is 6. The summed E-state index contributed by atoms with van der Waals surface area (Å²) in [5.74, 6) is 1.90. The van der Waals surface area contributed by atoms with Gasteiger partial charge in [0.25, 0.3) is 0 Å². The molecule has 0 aliphatic carbocycles. The molecule has 56 heavy (non-hydrogen) atoms. The Balaban J connectivity index is 1.04. The molecule has 4 nitrogen and oxygen atoms in total. The van der Waals surface area contributed by atoms with Crippen LogP contribution in [0.3, 0.4) is 0 Å². The fourth-order valence-corrected chi connectivity index (χ4v) is 9.00. The van der Waals surface area contributed by atoms with Crippen LogP contribution in [-0.4, -0.2) is 15.0 Å². The molecule has 0 atom stereocenters. The highest BCUT2D eigenvalue weighted by Gasteiger charge is 2.19. The van der Waals surface area contributed by atoms with Gasteiger partial charge in [-0.25, -0.2) is 15.0 Å². The normalized spacial score (nSPS) is 11.6. The molecule has 0 spiro atoms. The van der Waals surface area contributed by atoms with E-state index in [0.717, 1.165) is 55.3 Å². The molecule has 0 unspecified atom stereocenters. The third-order valence-corrected chi connectivity index (χ3v) is 11.6. The zero-order chi connectivity index (χ0) is 37.0. The first-order chi connectivity index (χ1) is 27.7. The average molecular weight is 734 g/mol. The zero-order valence-corrected chi connectivity index (χ0v) is 30.9. The van der Waals surface area contributed by atoms with E-state index in [4.69, 9.17) is 19.4 Å². The van der Waals surface area contributed by atoms with E-state index >= 15 is 0 Å². The Labute approximate surface area is 327 Å². The van der Waals surface area contributed by atoms with Crippen molar-refractivity contribution >= 4 is 53.4 Å². The molecule has 3 aromatic heterocycles. The first-order valence-corrected chi connectivity index (χ1v) is 19.5. The maximum Gasteiger partial charge on any atom is 0.164 e. The highest BCUT2D eigenvalue weighted by atomic mass is 32.1. The third-order valence-electron chi connectivity index (χ3n) is 10.5. The van der Waals surface area contributed by atoms with Gasteiger partial charge in [-0.05, 0) is 64.2 Å². The molecular formula is C51H31N3OS. The maximum atomic E-state index is 6.90. The number of benzene rings is 8. The van der Waals surface area contributed by atoms with Crippen molar-refractivity contribution in [2.75, 3.05) is 0 Å². The van der Waals surface area contributed by atoms with Crippen LogP contribution in [0.25, 0.3) is 110 Å². The lowest BCUT2D eigenvalue weighted by Gasteiger charge is -2.10. The number of fused-ring (bicyclic) bond motifs is 6. The standard InChI is InChI=1S/C51H31N3OS/c1-4-14-32(15-5-1)38-29-43(47-42-22-10-11-25-45(42)56-46(47)31-38)41-24-13-23-40-39-27-26-36(30-44(39)55-48(40)41)35-20-12-21-37(28-35)51-53-49(33-16-6-2-7-17-33)52-50(54-51)34-18-8-3-9-19-34/h1-31H. The van der Waals surface area contributed by atoms with Crippen molar-refractivity contribution in [1.29, 1.82) is 0 Å². The van der Waals surface area contributed by atoms with Crippen molar-refractivity contribution in [1.82, 2.24) is 15.0 Å². The van der Waals surface area contributed by atoms with Gasteiger partial charge in [0.1, 0.15) is 11.2 Å². The number of nitrogens with zero attached hydrogens (tertiary/aromatic N) is 3. The first kappa shape index (κ1) is 32.2. The molecule has 11 rings (SSSR count). The van der Waals surface area contributed by atoms with E-state index in [-0.39, 0.29) is 0 Å². The monoisotopic (exact) mass is 733 g/mol. The van der Waals surface area contributed by atoms with Crippen molar-refractivity contribution in [3.8, 4) is 67.5 Å². The lowest BCUT2D eigenvalue weighted by atomic mass is 9.93. The van der Waals surface area contributed by atoms with E-state index in [9.17, 15) is 0 Å². The number of furan rings is 1. The summed E-state index contributed by atoms with van der Waals surface area (Å²) in [7, 11) is 0. The van der Waals surface area contributed by atoms with Crippen molar-refractivity contribution in [3.63, 3.8) is 0 Å². The van der Waals surface area contributed by atoms with Crippen LogP contribution in [0.2, 0.25) is 0 Å². The van der Waals surface area contributed by atoms with Crippen LogP contribution < -0.4 is 0 Å². The predicted molar refractivity (Wildman–Crippen MR) is 233 cm³/mol. The Morgan fingerprint density at radius 3 is 1.64 bits per heavy atom. The van der Waals surface area contributed by atoms with E-state index in [1.807, 2.05) is 72.0 Å². The molecule has 5 heteroatoms. The SMILES string of the molecule is c1ccc(-c2cc(-c3cccc4c3oc3cc(-c5cccc(-c6nc(-c7ccccc7)nc(-c7ccccc7)n6)c5)ccc34)c3c(c2)sc2ccccc23)cc1. The number of hydrogen-bond donors (Lipinski definition) is 0. The first-order valence-electron chi connectivity index (χ1n) is 18.7. The summed E-state index contributed by atoms with van der Waals surface area (Å²) in [6.07, 6.45) is 0. The number of thiophene rings is 1.